The molecule has 8 nitrogen and oxygen atoms in total. The van der Waals surface area contributed by atoms with Gasteiger partial charge >= 0.3 is 17.8 Å². The van der Waals surface area contributed by atoms with Crippen LogP contribution in [0.3, 0.4) is 0 Å². The second-order valence-electron chi connectivity index (χ2n) is 3.87. The van der Waals surface area contributed by atoms with Gasteiger partial charge in [0.25, 0.3) is 5.92 Å². The Kier molecular flexibility index (Phi) is 5.97. The molecule has 20 heavy (non-hydrogen) atoms. The number of carbonyl (C=O) groups excluding carboxylic acids is 4. The minimum absolute atomic E-state index is 0. The molecule has 0 atom stereocenters. The number of hydrogen-bond acceptors (Lipinski definition) is 5. The van der Waals surface area contributed by atoms with Crippen LogP contribution in [0, 0.1) is 0 Å². The average molecular weight is 315 g/mol. The molecule has 1 heterocycles. The molecule has 0 aromatic carbocycles. The number of amides is 5. The first kappa shape index (κ1) is 18.2. The zero-order valence-corrected chi connectivity index (χ0v) is 11.2. The fourth-order valence-electron chi connectivity index (χ4n) is 1.25. The van der Waals surface area contributed by atoms with E-state index >= 15 is 0 Å². The summed E-state index contributed by atoms with van der Waals surface area (Å²) in [5, 5.41) is 1.83. The lowest BCUT2D eigenvalue weighted by atomic mass is 10.3. The molecule has 114 valence electrons. The Morgan fingerprint density at radius 1 is 1.30 bits per heavy atom. The highest BCUT2D eigenvalue weighted by molar-refractivity contribution is 6.44. The number of nitrogens with zero attached hydrogens (tertiary/aromatic N) is 2. The number of alkyl halides is 2. The Hall–Kier alpha value is -1.81. The van der Waals surface area contributed by atoms with Crippen molar-refractivity contribution in [2.45, 2.75) is 5.92 Å². The highest BCUT2D eigenvalue weighted by Crippen LogP contribution is 2.10. The average Bonchev–Trinajstić information content (AvgIpc) is 2.54. The van der Waals surface area contributed by atoms with Gasteiger partial charge < -0.3 is 11.1 Å². The van der Waals surface area contributed by atoms with Gasteiger partial charge in [-0.1, -0.05) is 0 Å². The Morgan fingerprint density at radius 2 is 1.85 bits per heavy atom. The van der Waals surface area contributed by atoms with Gasteiger partial charge in [0.1, 0.15) is 6.54 Å². The molecule has 5 amide bonds. The lowest BCUT2D eigenvalue weighted by molar-refractivity contribution is -0.143. The summed E-state index contributed by atoms with van der Waals surface area (Å²) in [6.45, 7) is -2.76. The first-order chi connectivity index (χ1) is 8.69. The molecule has 0 bridgehead atoms. The van der Waals surface area contributed by atoms with Gasteiger partial charge in [-0.25, -0.2) is 18.5 Å². The highest BCUT2D eigenvalue weighted by atomic mass is 35.5. The quantitative estimate of drug-likeness (QED) is 0.475. The summed E-state index contributed by atoms with van der Waals surface area (Å²) in [4.78, 5) is 46.0. The largest absolute Gasteiger partial charge is 0.348 e. The smallest absolute Gasteiger partial charge is 0.334 e. The fraction of sp³-hybridized carbons (Fsp3) is 0.556. The van der Waals surface area contributed by atoms with Crippen LogP contribution in [0.2, 0.25) is 0 Å². The predicted molar refractivity (Wildman–Crippen MR) is 64.1 cm³/mol. The van der Waals surface area contributed by atoms with Gasteiger partial charge in [0, 0.05) is 7.05 Å². The van der Waals surface area contributed by atoms with Crippen molar-refractivity contribution in [2.24, 2.45) is 5.73 Å². The van der Waals surface area contributed by atoms with Gasteiger partial charge in [-0.3, -0.25) is 19.3 Å². The maximum Gasteiger partial charge on any atom is 0.334 e. The van der Waals surface area contributed by atoms with Crippen LogP contribution < -0.4 is 11.1 Å². The van der Waals surface area contributed by atoms with Crippen molar-refractivity contribution >= 4 is 36.2 Å². The molecule has 1 fully saturated rings. The van der Waals surface area contributed by atoms with Crippen molar-refractivity contribution in [3.8, 4) is 0 Å². The number of likely N-dealkylation sites (N-methyl/N-ethyl adjacent to an activating group) is 1. The van der Waals surface area contributed by atoms with Crippen LogP contribution in [0.25, 0.3) is 0 Å². The molecular weight excluding hydrogens is 302 g/mol. The van der Waals surface area contributed by atoms with E-state index in [0.29, 0.717) is 9.80 Å². The molecule has 3 N–H and O–H groups in total. The number of rotatable bonds is 5. The second kappa shape index (κ2) is 6.57. The van der Waals surface area contributed by atoms with E-state index in [4.69, 9.17) is 5.73 Å². The fourth-order valence-corrected chi connectivity index (χ4v) is 1.25. The van der Waals surface area contributed by atoms with Crippen molar-refractivity contribution in [3.05, 3.63) is 0 Å². The number of imide groups is 2. The maximum absolute atomic E-state index is 12.8. The third-order valence-electron chi connectivity index (χ3n) is 2.40. The summed E-state index contributed by atoms with van der Waals surface area (Å²) >= 11 is 0. The van der Waals surface area contributed by atoms with Crippen molar-refractivity contribution in [1.29, 1.82) is 0 Å². The van der Waals surface area contributed by atoms with E-state index in [1.165, 1.54) is 0 Å². The molecule has 11 heteroatoms. The van der Waals surface area contributed by atoms with Gasteiger partial charge in [0.2, 0.25) is 5.91 Å². The van der Waals surface area contributed by atoms with Gasteiger partial charge in [0.15, 0.2) is 0 Å². The van der Waals surface area contributed by atoms with Crippen LogP contribution in [-0.4, -0.2) is 66.2 Å². The molecule has 1 saturated heterocycles. The zero-order chi connectivity index (χ0) is 14.8. The van der Waals surface area contributed by atoms with Crippen molar-refractivity contribution in [3.63, 3.8) is 0 Å². The number of urea groups is 1. The minimum Gasteiger partial charge on any atom is -0.348 e. The molecule has 1 rings (SSSR count). The normalized spacial score (nSPS) is 15.5. The molecule has 0 aromatic rings. The lowest BCUT2D eigenvalue weighted by Gasteiger charge is -2.16. The SMILES string of the molecule is CN1C(=O)C(=O)N(CC(=O)NCC(F)(F)CN)C1=O.Cl. The molecule has 0 saturated carbocycles. The van der Waals surface area contributed by atoms with E-state index in [2.05, 4.69) is 0 Å². The van der Waals surface area contributed by atoms with Crippen LogP contribution in [-0.2, 0) is 14.4 Å². The van der Waals surface area contributed by atoms with E-state index < -0.39 is 49.3 Å². The van der Waals surface area contributed by atoms with Crippen LogP contribution >= 0.6 is 12.4 Å². The van der Waals surface area contributed by atoms with E-state index in [-0.39, 0.29) is 12.4 Å². The first-order valence-corrected chi connectivity index (χ1v) is 5.17. The molecule has 0 radical (unpaired) electrons. The van der Waals surface area contributed by atoms with E-state index in [9.17, 15) is 28.0 Å². The standard InChI is InChI=1S/C9H12F2N4O4.ClH/c1-14-6(17)7(18)15(8(14)19)2-5(16)13-4-9(10,11)3-12;/h2-4,12H2,1H3,(H,13,16);1H. The number of nitrogens with one attached hydrogen (secondary N) is 1. The summed E-state index contributed by atoms with van der Waals surface area (Å²) in [5.74, 6) is -6.52. The van der Waals surface area contributed by atoms with Crippen molar-refractivity contribution in [2.75, 3.05) is 26.7 Å². The first-order valence-electron chi connectivity index (χ1n) is 5.17. The predicted octanol–water partition coefficient (Wildman–Crippen LogP) is -1.46. The minimum atomic E-state index is -3.28. The van der Waals surface area contributed by atoms with Gasteiger partial charge in [-0.15, -0.1) is 12.4 Å². The Morgan fingerprint density at radius 3 is 2.25 bits per heavy atom. The monoisotopic (exact) mass is 314 g/mol. The summed E-state index contributed by atoms with van der Waals surface area (Å²) in [6.07, 6.45) is 0. The maximum atomic E-state index is 12.8. The third kappa shape index (κ3) is 3.84. The molecule has 1 aliphatic rings. The number of hydrogen-bond donors (Lipinski definition) is 2. The number of carbonyl (C=O) groups is 4. The van der Waals surface area contributed by atoms with Crippen LogP contribution in [0.15, 0.2) is 0 Å². The van der Waals surface area contributed by atoms with E-state index in [1.807, 2.05) is 5.32 Å². The van der Waals surface area contributed by atoms with E-state index in [1.54, 1.807) is 0 Å². The van der Waals surface area contributed by atoms with Crippen LogP contribution in [0.1, 0.15) is 0 Å². The Labute approximate surface area is 118 Å². The molecular formula is C9H13ClF2N4O4. The summed E-state index contributed by atoms with van der Waals surface area (Å²) in [7, 11) is 1.07. The van der Waals surface area contributed by atoms with Gasteiger partial charge in [-0.05, 0) is 0 Å². The summed E-state index contributed by atoms with van der Waals surface area (Å²) in [5.41, 5.74) is 4.77. The Balaban J connectivity index is 0.00000361. The van der Waals surface area contributed by atoms with Crippen LogP contribution in [0.5, 0.6) is 0 Å². The van der Waals surface area contributed by atoms with Crippen LogP contribution in [0.4, 0.5) is 13.6 Å². The molecule has 0 unspecified atom stereocenters. The number of nitrogens with two attached hydrogens (primary N) is 1. The summed E-state index contributed by atoms with van der Waals surface area (Å²) in [6, 6.07) is -0.976. The second-order valence-corrected chi connectivity index (χ2v) is 3.87. The molecule has 1 aliphatic heterocycles. The summed E-state index contributed by atoms with van der Waals surface area (Å²) < 4.78 is 25.5. The van der Waals surface area contributed by atoms with E-state index in [0.717, 1.165) is 7.05 Å². The van der Waals surface area contributed by atoms with Crippen molar-refractivity contribution < 1.29 is 28.0 Å². The molecule has 0 aromatic heterocycles. The topological polar surface area (TPSA) is 113 Å². The highest BCUT2D eigenvalue weighted by Gasteiger charge is 2.43. The van der Waals surface area contributed by atoms with Gasteiger partial charge in [-0.2, -0.15) is 0 Å². The lowest BCUT2D eigenvalue weighted by Crippen LogP contribution is -2.46. The molecule has 0 spiro atoms. The Bertz CT molecular complexity index is 446. The van der Waals surface area contributed by atoms with Crippen molar-refractivity contribution in [1.82, 2.24) is 15.1 Å². The zero-order valence-electron chi connectivity index (χ0n) is 10.4. The number of halogens is 3. The third-order valence-corrected chi connectivity index (χ3v) is 2.40. The molecule has 0 aliphatic carbocycles. The van der Waals surface area contributed by atoms with Gasteiger partial charge in [0.05, 0.1) is 13.1 Å².